The lowest BCUT2D eigenvalue weighted by Crippen LogP contribution is -2.36. The SMILES string of the molecule is COC(=O)CCCN1C[C@H]2CN(C(=O)c3ccc[nH]3)[C@@H](c3cccc(F)c3)[C@H]2C1. The quantitative estimate of drug-likeness (QED) is 0.759. The molecule has 6 nitrogen and oxygen atoms in total. The molecule has 2 aliphatic heterocycles. The second kappa shape index (κ2) is 8.37. The zero-order chi connectivity index (χ0) is 20.4. The van der Waals surface area contributed by atoms with Crippen molar-refractivity contribution in [3.63, 3.8) is 0 Å². The molecule has 2 aromatic rings. The maximum Gasteiger partial charge on any atom is 0.305 e. The fraction of sp³-hybridized carbons (Fsp3) is 0.455. The number of carbonyl (C=O) groups excluding carboxylic acids is 2. The van der Waals surface area contributed by atoms with Crippen LogP contribution in [0.5, 0.6) is 0 Å². The van der Waals surface area contributed by atoms with Crippen molar-refractivity contribution in [2.45, 2.75) is 18.9 Å². The minimum absolute atomic E-state index is 0.0455. The number of ether oxygens (including phenoxy) is 1. The average Bonchev–Trinajstić information content (AvgIpc) is 3.43. The van der Waals surface area contributed by atoms with Gasteiger partial charge < -0.3 is 19.5 Å². The summed E-state index contributed by atoms with van der Waals surface area (Å²) in [6.45, 7) is 3.19. The zero-order valence-corrected chi connectivity index (χ0v) is 16.5. The molecule has 0 saturated carbocycles. The molecule has 1 aromatic heterocycles. The molecule has 7 heteroatoms. The van der Waals surface area contributed by atoms with E-state index in [9.17, 15) is 14.0 Å². The molecule has 0 unspecified atom stereocenters. The largest absolute Gasteiger partial charge is 0.469 e. The Balaban J connectivity index is 1.52. The normalized spacial score (nSPS) is 23.9. The Kier molecular flexibility index (Phi) is 5.67. The van der Waals surface area contributed by atoms with Gasteiger partial charge in [-0.3, -0.25) is 9.59 Å². The highest BCUT2D eigenvalue weighted by Crippen LogP contribution is 2.45. The zero-order valence-electron chi connectivity index (χ0n) is 16.5. The van der Waals surface area contributed by atoms with E-state index in [4.69, 9.17) is 4.74 Å². The molecule has 29 heavy (non-hydrogen) atoms. The smallest absolute Gasteiger partial charge is 0.305 e. The van der Waals surface area contributed by atoms with Gasteiger partial charge >= 0.3 is 5.97 Å². The lowest BCUT2D eigenvalue weighted by molar-refractivity contribution is -0.140. The van der Waals surface area contributed by atoms with Gasteiger partial charge in [0.15, 0.2) is 0 Å². The van der Waals surface area contributed by atoms with Gasteiger partial charge in [-0.25, -0.2) is 4.39 Å². The Hall–Kier alpha value is -2.67. The molecule has 0 bridgehead atoms. The van der Waals surface area contributed by atoms with E-state index in [0.717, 1.165) is 31.6 Å². The molecule has 0 aliphatic carbocycles. The van der Waals surface area contributed by atoms with E-state index in [1.807, 2.05) is 17.0 Å². The van der Waals surface area contributed by atoms with Crippen molar-refractivity contribution < 1.29 is 18.7 Å². The van der Waals surface area contributed by atoms with E-state index in [0.29, 0.717) is 24.6 Å². The number of amides is 1. The van der Waals surface area contributed by atoms with Crippen LogP contribution in [0.2, 0.25) is 0 Å². The summed E-state index contributed by atoms with van der Waals surface area (Å²) < 4.78 is 18.7. The van der Waals surface area contributed by atoms with Crippen LogP contribution in [-0.4, -0.2) is 59.9 Å². The highest BCUT2D eigenvalue weighted by Gasteiger charge is 2.49. The number of likely N-dealkylation sites (tertiary alicyclic amines) is 2. The molecule has 2 aliphatic rings. The number of carbonyl (C=O) groups is 2. The van der Waals surface area contributed by atoms with Gasteiger partial charge in [0.05, 0.1) is 13.2 Å². The number of H-pyrrole nitrogens is 1. The third-order valence-electron chi connectivity index (χ3n) is 6.10. The lowest BCUT2D eigenvalue weighted by atomic mass is 9.89. The van der Waals surface area contributed by atoms with Gasteiger partial charge in [0.2, 0.25) is 0 Å². The van der Waals surface area contributed by atoms with E-state index in [2.05, 4.69) is 9.88 Å². The molecule has 3 heterocycles. The van der Waals surface area contributed by atoms with Crippen molar-refractivity contribution in [2.75, 3.05) is 33.3 Å². The lowest BCUT2D eigenvalue weighted by Gasteiger charge is -2.29. The first kappa shape index (κ1) is 19.6. The van der Waals surface area contributed by atoms with Crippen LogP contribution in [0, 0.1) is 17.7 Å². The Morgan fingerprint density at radius 2 is 2.07 bits per heavy atom. The van der Waals surface area contributed by atoms with Crippen molar-refractivity contribution in [3.05, 3.63) is 59.7 Å². The van der Waals surface area contributed by atoms with E-state index < -0.39 is 0 Å². The fourth-order valence-corrected chi connectivity index (χ4v) is 4.81. The summed E-state index contributed by atoms with van der Waals surface area (Å²) in [6, 6.07) is 10.0. The standard InChI is InChI=1S/C22H26FN3O3/c1-29-20(27)8-4-10-25-12-16-13-26(22(28)19-7-3-9-24-19)21(18(16)14-25)15-5-2-6-17(23)11-15/h2-3,5-7,9,11,16,18,21,24H,4,8,10,12-14H2,1H3/t16-,18-,21-/m0/s1. The first-order valence-corrected chi connectivity index (χ1v) is 10.1. The molecule has 4 rings (SSSR count). The monoisotopic (exact) mass is 399 g/mol. The van der Waals surface area contributed by atoms with E-state index in [-0.39, 0.29) is 29.7 Å². The maximum absolute atomic E-state index is 14.0. The number of methoxy groups -OCH3 is 1. The van der Waals surface area contributed by atoms with Crippen LogP contribution in [0.1, 0.15) is 34.9 Å². The van der Waals surface area contributed by atoms with Gasteiger partial charge in [-0.1, -0.05) is 12.1 Å². The Bertz CT molecular complexity index is 870. The topological polar surface area (TPSA) is 65.6 Å². The summed E-state index contributed by atoms with van der Waals surface area (Å²) in [5, 5.41) is 0. The number of aromatic amines is 1. The molecule has 0 spiro atoms. The van der Waals surface area contributed by atoms with E-state index in [1.54, 1.807) is 24.4 Å². The van der Waals surface area contributed by atoms with Crippen LogP contribution >= 0.6 is 0 Å². The molecular formula is C22H26FN3O3. The minimum Gasteiger partial charge on any atom is -0.469 e. The number of nitrogens with zero attached hydrogens (tertiary/aromatic N) is 2. The summed E-state index contributed by atoms with van der Waals surface area (Å²) in [5.41, 5.74) is 1.40. The number of benzene rings is 1. The second-order valence-electron chi connectivity index (χ2n) is 7.90. The van der Waals surface area contributed by atoms with Gasteiger partial charge in [0.25, 0.3) is 5.91 Å². The molecule has 3 atom stereocenters. The number of esters is 1. The molecule has 2 saturated heterocycles. The van der Waals surface area contributed by atoms with Crippen molar-refractivity contribution in [3.8, 4) is 0 Å². The summed E-state index contributed by atoms with van der Waals surface area (Å²) in [7, 11) is 1.40. The van der Waals surface area contributed by atoms with Gasteiger partial charge in [-0.05, 0) is 48.7 Å². The van der Waals surface area contributed by atoms with Crippen LogP contribution in [0.15, 0.2) is 42.6 Å². The van der Waals surface area contributed by atoms with Crippen molar-refractivity contribution in [2.24, 2.45) is 11.8 Å². The number of hydrogen-bond acceptors (Lipinski definition) is 4. The molecule has 1 aromatic carbocycles. The maximum atomic E-state index is 14.0. The Morgan fingerprint density at radius 3 is 2.79 bits per heavy atom. The van der Waals surface area contributed by atoms with Crippen LogP contribution in [0.3, 0.4) is 0 Å². The first-order valence-electron chi connectivity index (χ1n) is 10.1. The predicted octanol–water partition coefficient (Wildman–Crippen LogP) is 2.85. The van der Waals surface area contributed by atoms with Crippen molar-refractivity contribution >= 4 is 11.9 Å². The van der Waals surface area contributed by atoms with Gasteiger partial charge in [0.1, 0.15) is 11.5 Å². The number of aromatic nitrogens is 1. The summed E-state index contributed by atoms with van der Waals surface area (Å²) >= 11 is 0. The molecule has 2 fully saturated rings. The van der Waals surface area contributed by atoms with Gasteiger partial charge in [-0.15, -0.1) is 0 Å². The summed E-state index contributed by atoms with van der Waals surface area (Å²) in [6.07, 6.45) is 2.90. The van der Waals surface area contributed by atoms with Gasteiger partial charge in [-0.2, -0.15) is 0 Å². The molecule has 0 radical (unpaired) electrons. The van der Waals surface area contributed by atoms with Gasteiger partial charge in [0, 0.05) is 38.2 Å². The average molecular weight is 399 g/mol. The first-order chi connectivity index (χ1) is 14.1. The van der Waals surface area contributed by atoms with E-state index >= 15 is 0 Å². The second-order valence-corrected chi connectivity index (χ2v) is 7.90. The highest BCUT2D eigenvalue weighted by molar-refractivity contribution is 5.93. The van der Waals surface area contributed by atoms with Crippen LogP contribution < -0.4 is 0 Å². The van der Waals surface area contributed by atoms with Crippen LogP contribution in [0.25, 0.3) is 0 Å². The third-order valence-corrected chi connectivity index (χ3v) is 6.10. The number of halogens is 1. The summed E-state index contributed by atoms with van der Waals surface area (Å²) in [4.78, 5) is 31.7. The third kappa shape index (κ3) is 4.05. The Morgan fingerprint density at radius 1 is 1.21 bits per heavy atom. The van der Waals surface area contributed by atoms with Crippen molar-refractivity contribution in [1.82, 2.24) is 14.8 Å². The molecular weight excluding hydrogens is 373 g/mol. The molecule has 1 amide bonds. The number of rotatable bonds is 6. The number of fused-ring (bicyclic) bond motifs is 1. The van der Waals surface area contributed by atoms with E-state index in [1.165, 1.54) is 13.2 Å². The predicted molar refractivity (Wildman–Crippen MR) is 106 cm³/mol. The summed E-state index contributed by atoms with van der Waals surface area (Å²) in [5.74, 6) is 0.0564. The van der Waals surface area contributed by atoms with Crippen molar-refractivity contribution in [1.29, 1.82) is 0 Å². The number of hydrogen-bond donors (Lipinski definition) is 1. The minimum atomic E-state index is -0.286. The Labute approximate surface area is 169 Å². The fourth-order valence-electron chi connectivity index (χ4n) is 4.81. The highest BCUT2D eigenvalue weighted by atomic mass is 19.1. The number of nitrogens with one attached hydrogen (secondary N) is 1. The van der Waals surface area contributed by atoms with Crippen LogP contribution in [-0.2, 0) is 9.53 Å². The molecule has 154 valence electrons. The van der Waals surface area contributed by atoms with Crippen LogP contribution in [0.4, 0.5) is 4.39 Å². The molecule has 1 N–H and O–H groups in total.